The number of nitrogen functional groups attached to an aromatic ring is 1. The first-order valence-corrected chi connectivity index (χ1v) is 7.11. The van der Waals surface area contributed by atoms with Crippen molar-refractivity contribution >= 4 is 23.5 Å². The Labute approximate surface area is 129 Å². The van der Waals surface area contributed by atoms with Gasteiger partial charge < -0.3 is 15.4 Å². The first-order valence-electron chi connectivity index (χ1n) is 7.11. The normalized spacial score (nSPS) is 13.4. The first-order chi connectivity index (χ1) is 10.7. The number of anilines is 2. The van der Waals surface area contributed by atoms with Crippen LogP contribution in [0.5, 0.6) is 5.75 Å². The van der Waals surface area contributed by atoms with Gasteiger partial charge in [0.1, 0.15) is 5.75 Å². The Morgan fingerprint density at radius 3 is 2.86 bits per heavy atom. The van der Waals surface area contributed by atoms with Crippen molar-refractivity contribution in [3.8, 4) is 5.75 Å². The molecule has 1 aliphatic rings. The molecule has 0 atom stereocenters. The van der Waals surface area contributed by atoms with E-state index in [1.165, 1.54) is 0 Å². The van der Waals surface area contributed by atoms with E-state index >= 15 is 0 Å². The zero-order chi connectivity index (χ0) is 15.4. The molecule has 0 spiro atoms. The number of benzene rings is 2. The lowest BCUT2D eigenvalue weighted by Crippen LogP contribution is -2.36. The van der Waals surface area contributed by atoms with Crippen molar-refractivity contribution in [1.82, 2.24) is 0 Å². The highest BCUT2D eigenvalue weighted by atomic mass is 16.5. The lowest BCUT2D eigenvalue weighted by molar-refractivity contribution is -0.120. The van der Waals surface area contributed by atoms with Gasteiger partial charge in [0.25, 0.3) is 5.91 Å². The molecule has 0 fully saturated rings. The van der Waals surface area contributed by atoms with Gasteiger partial charge in [-0.05, 0) is 30.3 Å². The predicted molar refractivity (Wildman–Crippen MR) is 87.6 cm³/mol. The maximum absolute atomic E-state index is 12.5. The Kier molecular flexibility index (Phi) is 4.05. The third kappa shape index (κ3) is 3.09. The maximum atomic E-state index is 12.5. The first kappa shape index (κ1) is 14.1. The van der Waals surface area contributed by atoms with Crippen LogP contribution in [0.2, 0.25) is 0 Å². The minimum absolute atomic E-state index is 0.00612. The fourth-order valence-electron chi connectivity index (χ4n) is 2.36. The number of fused-ring (bicyclic) bond motifs is 1. The van der Waals surface area contributed by atoms with Crippen molar-refractivity contribution < 1.29 is 9.53 Å². The molecule has 2 N–H and O–H groups in total. The van der Waals surface area contributed by atoms with Crippen LogP contribution >= 0.6 is 0 Å². The van der Waals surface area contributed by atoms with Crippen LogP contribution in [0.3, 0.4) is 0 Å². The summed E-state index contributed by atoms with van der Waals surface area (Å²) in [6.45, 7) is 1.09. The highest BCUT2D eigenvalue weighted by Crippen LogP contribution is 2.24. The molecule has 1 aliphatic heterocycles. The number of nitrogens with two attached hydrogens (primary N) is 1. The second kappa shape index (κ2) is 6.30. The van der Waals surface area contributed by atoms with E-state index in [4.69, 9.17) is 10.5 Å². The van der Waals surface area contributed by atoms with Crippen LogP contribution in [0.25, 0.3) is 0 Å². The van der Waals surface area contributed by atoms with Crippen LogP contribution in [0.1, 0.15) is 5.56 Å². The van der Waals surface area contributed by atoms with E-state index in [2.05, 4.69) is 4.99 Å². The lowest BCUT2D eigenvalue weighted by atomic mass is 10.1. The summed E-state index contributed by atoms with van der Waals surface area (Å²) < 4.78 is 5.54. The standard InChI is InChI=1S/C17H17N3O2/c18-14-6-7-16-13(10-14)11-19-8-9-20(16)17(21)12-22-15-4-2-1-3-5-15/h1-7,10-11H,8-9,12,18H2. The van der Waals surface area contributed by atoms with Crippen LogP contribution in [-0.4, -0.2) is 31.8 Å². The summed E-state index contributed by atoms with van der Waals surface area (Å²) in [5.74, 6) is 0.583. The minimum Gasteiger partial charge on any atom is -0.484 e. The number of rotatable bonds is 3. The molecule has 0 aliphatic carbocycles. The van der Waals surface area contributed by atoms with E-state index in [0.717, 1.165) is 11.3 Å². The van der Waals surface area contributed by atoms with Crippen LogP contribution < -0.4 is 15.4 Å². The summed E-state index contributed by atoms with van der Waals surface area (Å²) in [7, 11) is 0. The Hall–Kier alpha value is -2.82. The second-order valence-corrected chi connectivity index (χ2v) is 5.00. The number of benzodiazepines with no additional fused rings is 1. The van der Waals surface area contributed by atoms with Gasteiger partial charge in [-0.2, -0.15) is 0 Å². The van der Waals surface area contributed by atoms with Gasteiger partial charge in [0.2, 0.25) is 0 Å². The second-order valence-electron chi connectivity index (χ2n) is 5.00. The van der Waals surface area contributed by atoms with E-state index in [0.29, 0.717) is 24.5 Å². The minimum atomic E-state index is -0.0969. The van der Waals surface area contributed by atoms with Gasteiger partial charge >= 0.3 is 0 Å². The van der Waals surface area contributed by atoms with Gasteiger partial charge in [0.15, 0.2) is 6.61 Å². The summed E-state index contributed by atoms with van der Waals surface area (Å²) in [6.07, 6.45) is 1.76. The Morgan fingerprint density at radius 2 is 2.05 bits per heavy atom. The number of ether oxygens (including phenoxy) is 1. The summed E-state index contributed by atoms with van der Waals surface area (Å²) in [5.41, 5.74) is 8.12. The molecule has 0 radical (unpaired) electrons. The van der Waals surface area contributed by atoms with Crippen molar-refractivity contribution in [1.29, 1.82) is 0 Å². The molecule has 2 aromatic carbocycles. The number of carbonyl (C=O) groups is 1. The van der Waals surface area contributed by atoms with E-state index in [9.17, 15) is 4.79 Å². The average Bonchev–Trinajstić information content (AvgIpc) is 2.75. The fourth-order valence-corrected chi connectivity index (χ4v) is 2.36. The molecule has 5 heteroatoms. The number of carbonyl (C=O) groups excluding carboxylic acids is 1. The Morgan fingerprint density at radius 1 is 1.23 bits per heavy atom. The summed E-state index contributed by atoms with van der Waals surface area (Å²) >= 11 is 0. The van der Waals surface area contributed by atoms with Gasteiger partial charge in [-0.25, -0.2) is 0 Å². The molecular formula is C17H17N3O2. The zero-order valence-electron chi connectivity index (χ0n) is 12.1. The molecule has 0 unspecified atom stereocenters. The average molecular weight is 295 g/mol. The molecule has 0 aromatic heterocycles. The number of para-hydroxylation sites is 1. The predicted octanol–water partition coefficient (Wildman–Crippen LogP) is 2.11. The van der Waals surface area contributed by atoms with E-state index in [1.54, 1.807) is 17.2 Å². The monoisotopic (exact) mass is 295 g/mol. The highest BCUT2D eigenvalue weighted by molar-refractivity contribution is 6.01. The van der Waals surface area contributed by atoms with E-state index in [1.807, 2.05) is 42.5 Å². The van der Waals surface area contributed by atoms with Crippen LogP contribution in [0.15, 0.2) is 53.5 Å². The molecule has 112 valence electrons. The summed E-state index contributed by atoms with van der Waals surface area (Å²) in [6, 6.07) is 14.8. The molecule has 0 bridgehead atoms. The van der Waals surface area contributed by atoms with Gasteiger partial charge in [0, 0.05) is 24.0 Å². The molecule has 3 rings (SSSR count). The maximum Gasteiger partial charge on any atom is 0.264 e. The number of amides is 1. The van der Waals surface area contributed by atoms with E-state index in [-0.39, 0.29) is 12.5 Å². The Balaban J connectivity index is 1.76. The SMILES string of the molecule is Nc1ccc2c(c1)C=NCCN2C(=O)COc1ccccc1. The Bertz CT molecular complexity index is 698. The van der Waals surface area contributed by atoms with Crippen molar-refractivity contribution in [3.63, 3.8) is 0 Å². The van der Waals surface area contributed by atoms with Crippen LogP contribution in [-0.2, 0) is 4.79 Å². The largest absolute Gasteiger partial charge is 0.484 e. The quantitative estimate of drug-likeness (QED) is 0.882. The van der Waals surface area contributed by atoms with Gasteiger partial charge in [-0.1, -0.05) is 18.2 Å². The number of hydrogen-bond donors (Lipinski definition) is 1. The molecule has 2 aromatic rings. The zero-order valence-corrected chi connectivity index (χ0v) is 12.1. The smallest absolute Gasteiger partial charge is 0.264 e. The molecule has 0 saturated carbocycles. The van der Waals surface area contributed by atoms with Gasteiger partial charge in [0.05, 0.1) is 12.2 Å². The highest BCUT2D eigenvalue weighted by Gasteiger charge is 2.20. The van der Waals surface area contributed by atoms with Crippen molar-refractivity contribution in [3.05, 3.63) is 54.1 Å². The third-order valence-corrected chi connectivity index (χ3v) is 3.43. The topological polar surface area (TPSA) is 67.9 Å². The van der Waals surface area contributed by atoms with Crippen molar-refractivity contribution in [2.24, 2.45) is 4.99 Å². The third-order valence-electron chi connectivity index (χ3n) is 3.43. The number of hydrogen-bond acceptors (Lipinski definition) is 4. The molecule has 5 nitrogen and oxygen atoms in total. The molecule has 1 heterocycles. The van der Waals surface area contributed by atoms with Crippen LogP contribution in [0.4, 0.5) is 11.4 Å². The summed E-state index contributed by atoms with van der Waals surface area (Å²) in [4.78, 5) is 18.5. The van der Waals surface area contributed by atoms with Crippen molar-refractivity contribution in [2.45, 2.75) is 0 Å². The fraction of sp³-hybridized carbons (Fsp3) is 0.176. The number of nitrogens with zero attached hydrogens (tertiary/aromatic N) is 2. The summed E-state index contributed by atoms with van der Waals surface area (Å²) in [5, 5.41) is 0. The number of aliphatic imine (C=N–C) groups is 1. The van der Waals surface area contributed by atoms with Crippen LogP contribution in [0, 0.1) is 0 Å². The van der Waals surface area contributed by atoms with E-state index < -0.39 is 0 Å². The molecule has 22 heavy (non-hydrogen) atoms. The molecule has 1 amide bonds. The van der Waals surface area contributed by atoms with Gasteiger partial charge in [-0.15, -0.1) is 0 Å². The lowest BCUT2D eigenvalue weighted by Gasteiger charge is -2.22. The van der Waals surface area contributed by atoms with Crippen molar-refractivity contribution in [2.75, 3.05) is 30.3 Å². The molecular weight excluding hydrogens is 278 g/mol. The molecule has 0 saturated heterocycles. The van der Waals surface area contributed by atoms with Gasteiger partial charge in [-0.3, -0.25) is 9.79 Å².